The van der Waals surface area contributed by atoms with Gasteiger partial charge in [0.05, 0.1) is 5.41 Å². The van der Waals surface area contributed by atoms with Gasteiger partial charge in [0.1, 0.15) is 31.5 Å². The molecule has 21 heavy (non-hydrogen) atoms. The number of ketones is 1. The van der Waals surface area contributed by atoms with Gasteiger partial charge in [-0.1, -0.05) is 13.8 Å². The number of ether oxygens (including phenoxy) is 2. The third kappa shape index (κ3) is 3.44. The van der Waals surface area contributed by atoms with Crippen molar-refractivity contribution in [1.29, 1.82) is 0 Å². The van der Waals surface area contributed by atoms with Gasteiger partial charge in [0.25, 0.3) is 0 Å². The van der Waals surface area contributed by atoms with Crippen molar-refractivity contribution in [3.8, 4) is 0 Å². The summed E-state index contributed by atoms with van der Waals surface area (Å²) in [7, 11) is 0. The third-order valence-electron chi connectivity index (χ3n) is 4.57. The number of aliphatic hydroxyl groups excluding tert-OH is 2. The number of hydrogen-bond acceptors (Lipinski definition) is 6. The summed E-state index contributed by atoms with van der Waals surface area (Å²) in [4.78, 5) is 23.4. The predicted molar refractivity (Wildman–Crippen MR) is 73.5 cm³/mol. The first-order valence-corrected chi connectivity index (χ1v) is 7.32. The molecule has 6 nitrogen and oxygen atoms in total. The van der Waals surface area contributed by atoms with Gasteiger partial charge in [-0.15, -0.1) is 0 Å². The molecule has 1 aliphatic heterocycles. The van der Waals surface area contributed by atoms with Crippen LogP contribution in [-0.4, -0.2) is 53.5 Å². The second kappa shape index (κ2) is 5.66. The van der Waals surface area contributed by atoms with Gasteiger partial charge in [0.2, 0.25) is 0 Å². The lowest BCUT2D eigenvalue weighted by molar-refractivity contribution is -0.181. The first kappa shape index (κ1) is 16.4. The molecule has 2 fully saturated rings. The van der Waals surface area contributed by atoms with Crippen LogP contribution in [0.2, 0.25) is 0 Å². The maximum absolute atomic E-state index is 12.3. The summed E-state index contributed by atoms with van der Waals surface area (Å²) in [6.07, 6.45) is -1.19. The number of hydrogen-bond donors (Lipinski definition) is 2. The van der Waals surface area contributed by atoms with Crippen LogP contribution >= 0.6 is 0 Å². The number of Topliss-reactive ketones (excluding diaryl/α,β-unsaturated/α-hetero) is 1. The number of carbonyl (C=O) groups excluding carboxylic acids is 2. The minimum atomic E-state index is -1.47. The lowest BCUT2D eigenvalue weighted by Gasteiger charge is -2.31. The zero-order valence-electron chi connectivity index (χ0n) is 12.8. The van der Waals surface area contributed by atoms with E-state index in [1.54, 1.807) is 0 Å². The van der Waals surface area contributed by atoms with Crippen molar-refractivity contribution in [3.63, 3.8) is 0 Å². The highest BCUT2D eigenvalue weighted by molar-refractivity contribution is 5.85. The van der Waals surface area contributed by atoms with Crippen LogP contribution in [0, 0.1) is 10.8 Å². The van der Waals surface area contributed by atoms with E-state index in [9.17, 15) is 19.8 Å². The van der Waals surface area contributed by atoms with Gasteiger partial charge in [-0.05, 0) is 31.6 Å². The second-order valence-corrected chi connectivity index (χ2v) is 7.25. The highest BCUT2D eigenvalue weighted by atomic mass is 16.6. The van der Waals surface area contributed by atoms with E-state index < -0.39 is 29.5 Å². The molecule has 0 aromatic heterocycles. The standard InChI is InChI=1S/C15H24O6/c1-14(2)4-5-15(3,8-14)13(19)21-7-10-12(18)11(17)9(16)6-20-10/h10-12,17-18H,4-8H2,1-3H3. The van der Waals surface area contributed by atoms with Gasteiger partial charge < -0.3 is 19.7 Å². The van der Waals surface area contributed by atoms with Crippen LogP contribution in [-0.2, 0) is 19.1 Å². The van der Waals surface area contributed by atoms with Crippen LogP contribution in [0.4, 0.5) is 0 Å². The molecule has 0 aromatic rings. The second-order valence-electron chi connectivity index (χ2n) is 7.25. The molecule has 2 aliphatic rings. The molecule has 1 saturated heterocycles. The SMILES string of the molecule is CC1(C)CCC(C)(C(=O)OCC2OCC(=O)C(O)C2O)C1. The largest absolute Gasteiger partial charge is 0.462 e. The molecule has 1 heterocycles. The van der Waals surface area contributed by atoms with E-state index in [-0.39, 0.29) is 24.6 Å². The summed E-state index contributed by atoms with van der Waals surface area (Å²) in [6.45, 7) is 5.72. The Balaban J connectivity index is 1.89. The van der Waals surface area contributed by atoms with E-state index in [1.807, 2.05) is 6.92 Å². The average Bonchev–Trinajstić information content (AvgIpc) is 2.70. The summed E-state index contributed by atoms with van der Waals surface area (Å²) in [5.74, 6) is -0.871. The molecule has 120 valence electrons. The van der Waals surface area contributed by atoms with Crippen LogP contribution in [0.3, 0.4) is 0 Å². The summed E-state index contributed by atoms with van der Waals surface area (Å²) in [6, 6.07) is 0. The highest BCUT2D eigenvalue weighted by Gasteiger charge is 2.46. The predicted octanol–water partition coefficient (Wildman–Crippen LogP) is 0.436. The molecule has 2 N–H and O–H groups in total. The Morgan fingerprint density at radius 3 is 2.57 bits per heavy atom. The van der Waals surface area contributed by atoms with Crippen molar-refractivity contribution in [2.45, 2.75) is 58.3 Å². The van der Waals surface area contributed by atoms with E-state index in [4.69, 9.17) is 9.47 Å². The van der Waals surface area contributed by atoms with E-state index >= 15 is 0 Å². The Morgan fingerprint density at radius 2 is 2.00 bits per heavy atom. The van der Waals surface area contributed by atoms with Crippen molar-refractivity contribution in [2.75, 3.05) is 13.2 Å². The fourth-order valence-corrected chi connectivity index (χ4v) is 3.27. The van der Waals surface area contributed by atoms with E-state index in [1.165, 1.54) is 0 Å². The Hall–Kier alpha value is -0.980. The summed E-state index contributed by atoms with van der Waals surface area (Å²) >= 11 is 0. The lowest BCUT2D eigenvalue weighted by Crippen LogP contribution is -2.52. The zero-order valence-corrected chi connectivity index (χ0v) is 12.8. The van der Waals surface area contributed by atoms with E-state index in [0.717, 1.165) is 19.3 Å². The number of aliphatic hydroxyl groups is 2. The van der Waals surface area contributed by atoms with Gasteiger partial charge >= 0.3 is 5.97 Å². The molecule has 6 heteroatoms. The van der Waals surface area contributed by atoms with Crippen LogP contribution in [0.1, 0.15) is 40.0 Å². The lowest BCUT2D eigenvalue weighted by atomic mass is 9.83. The third-order valence-corrected chi connectivity index (χ3v) is 4.57. The zero-order chi connectivity index (χ0) is 15.8. The minimum Gasteiger partial charge on any atom is -0.462 e. The Kier molecular flexibility index (Phi) is 4.42. The summed E-state index contributed by atoms with van der Waals surface area (Å²) in [5, 5.41) is 19.2. The first-order chi connectivity index (χ1) is 9.65. The smallest absolute Gasteiger partial charge is 0.311 e. The van der Waals surface area contributed by atoms with Gasteiger partial charge in [0.15, 0.2) is 5.78 Å². The number of rotatable bonds is 3. The minimum absolute atomic E-state index is 0.122. The molecular weight excluding hydrogens is 276 g/mol. The maximum Gasteiger partial charge on any atom is 0.311 e. The van der Waals surface area contributed by atoms with Gasteiger partial charge in [-0.25, -0.2) is 0 Å². The molecule has 4 atom stereocenters. The first-order valence-electron chi connectivity index (χ1n) is 7.32. The normalized spacial score (nSPS) is 39.3. The molecule has 1 saturated carbocycles. The molecule has 1 aliphatic carbocycles. The van der Waals surface area contributed by atoms with Crippen LogP contribution < -0.4 is 0 Å². The Labute approximate surface area is 124 Å². The van der Waals surface area contributed by atoms with Gasteiger partial charge in [-0.2, -0.15) is 0 Å². The van der Waals surface area contributed by atoms with E-state index in [0.29, 0.717) is 0 Å². The van der Waals surface area contributed by atoms with Crippen molar-refractivity contribution in [2.24, 2.45) is 10.8 Å². The average molecular weight is 300 g/mol. The highest BCUT2D eigenvalue weighted by Crippen LogP contribution is 2.49. The quantitative estimate of drug-likeness (QED) is 0.735. The Morgan fingerprint density at radius 1 is 1.33 bits per heavy atom. The van der Waals surface area contributed by atoms with Crippen LogP contribution in [0.5, 0.6) is 0 Å². The van der Waals surface area contributed by atoms with Crippen LogP contribution in [0.25, 0.3) is 0 Å². The monoisotopic (exact) mass is 300 g/mol. The van der Waals surface area contributed by atoms with Crippen molar-refractivity contribution in [1.82, 2.24) is 0 Å². The molecule has 0 spiro atoms. The maximum atomic E-state index is 12.3. The molecular formula is C15H24O6. The van der Waals surface area contributed by atoms with Gasteiger partial charge in [0, 0.05) is 0 Å². The van der Waals surface area contributed by atoms with Crippen molar-refractivity contribution < 1.29 is 29.3 Å². The molecule has 4 unspecified atom stereocenters. The van der Waals surface area contributed by atoms with E-state index in [2.05, 4.69) is 13.8 Å². The van der Waals surface area contributed by atoms with Crippen molar-refractivity contribution in [3.05, 3.63) is 0 Å². The summed E-state index contributed by atoms with van der Waals surface area (Å²) in [5.41, 5.74) is -0.394. The fourth-order valence-electron chi connectivity index (χ4n) is 3.27. The molecule has 0 amide bonds. The number of esters is 1. The van der Waals surface area contributed by atoms with Gasteiger partial charge in [-0.3, -0.25) is 9.59 Å². The molecule has 0 aromatic carbocycles. The molecule has 0 bridgehead atoms. The van der Waals surface area contributed by atoms with Crippen molar-refractivity contribution >= 4 is 11.8 Å². The molecule has 0 radical (unpaired) electrons. The fraction of sp³-hybridized carbons (Fsp3) is 0.867. The topological polar surface area (TPSA) is 93.1 Å². The van der Waals surface area contributed by atoms with Crippen LogP contribution in [0.15, 0.2) is 0 Å². The number of carbonyl (C=O) groups is 2. The Bertz CT molecular complexity index is 432. The summed E-state index contributed by atoms with van der Waals surface area (Å²) < 4.78 is 10.4. The molecule has 2 rings (SSSR count).